The molecule has 0 aliphatic heterocycles. The van der Waals surface area contributed by atoms with Crippen LogP contribution in [0, 0.1) is 26.8 Å². The Hall–Kier alpha value is -3.73. The van der Waals surface area contributed by atoms with Crippen molar-refractivity contribution >= 4 is 16.7 Å². The van der Waals surface area contributed by atoms with Gasteiger partial charge in [0.2, 0.25) is 0 Å². The Morgan fingerprint density at radius 1 is 0.865 bits per heavy atom. The number of pyridine rings is 1. The zero-order valence-electron chi connectivity index (χ0n) is 21.6. The van der Waals surface area contributed by atoms with Gasteiger partial charge in [-0.25, -0.2) is 0 Å². The van der Waals surface area contributed by atoms with Gasteiger partial charge in [0.1, 0.15) is 0 Å². The summed E-state index contributed by atoms with van der Waals surface area (Å²) in [4.78, 5) is 15.1. The molecule has 6 heteroatoms. The Balaban J connectivity index is 0.000000422. The van der Waals surface area contributed by atoms with Crippen molar-refractivity contribution in [1.29, 1.82) is 0 Å². The Morgan fingerprint density at radius 3 is 1.92 bits per heavy atom. The van der Waals surface area contributed by atoms with E-state index in [1.54, 1.807) is 0 Å². The largest absolute Gasteiger partial charge is 0.512 e. The van der Waals surface area contributed by atoms with Crippen molar-refractivity contribution in [2.75, 3.05) is 0 Å². The number of aromatic nitrogens is 3. The second-order valence-electron chi connectivity index (χ2n) is 9.02. The van der Waals surface area contributed by atoms with Crippen LogP contribution < -0.4 is 0 Å². The van der Waals surface area contributed by atoms with Crippen LogP contribution >= 0.6 is 0 Å². The summed E-state index contributed by atoms with van der Waals surface area (Å²) < 4.78 is 4.29. The smallest absolute Gasteiger partial charge is 0.155 e. The number of aryl methyl sites for hydroxylation is 3. The third-order valence-corrected chi connectivity index (χ3v) is 5.68. The van der Waals surface area contributed by atoms with E-state index in [0.29, 0.717) is 0 Å². The standard InChI is InChI=1S/C26H22N3.C5H8O2.Ir/c1-18-12-19(2)14-22(13-18)26-20(3)15-21-16-24(28-8-4-5-9-28)25(17-23(21)27-26)29-10-6-7-11-29;1-4(6)3-5(2)7;/h4-13,15-17H,1-3H3;3,6H,1-2H3;/q-1;;/b;4-3-;. The minimum Gasteiger partial charge on any atom is -0.512 e. The molecular weight excluding hydrogens is 639 g/mol. The van der Waals surface area contributed by atoms with Gasteiger partial charge in [-0.2, -0.15) is 0 Å². The first-order valence-corrected chi connectivity index (χ1v) is 11.8. The molecule has 0 unspecified atom stereocenters. The second kappa shape index (κ2) is 12.0. The Morgan fingerprint density at radius 2 is 1.43 bits per heavy atom. The number of aliphatic hydroxyl groups is 1. The molecule has 3 aromatic heterocycles. The van der Waals surface area contributed by atoms with E-state index in [2.05, 4.69) is 91.1 Å². The number of hydrogen-bond acceptors (Lipinski definition) is 3. The van der Waals surface area contributed by atoms with E-state index < -0.39 is 0 Å². The summed E-state index contributed by atoms with van der Waals surface area (Å²) in [7, 11) is 0. The number of allylic oxidation sites excluding steroid dienone is 2. The number of nitrogens with zero attached hydrogens (tertiary/aromatic N) is 3. The average Bonchev–Trinajstić information content (AvgIpc) is 3.51. The van der Waals surface area contributed by atoms with Gasteiger partial charge in [-0.3, -0.25) is 9.78 Å². The van der Waals surface area contributed by atoms with Crippen molar-refractivity contribution in [2.24, 2.45) is 0 Å². The molecule has 3 heterocycles. The summed E-state index contributed by atoms with van der Waals surface area (Å²) >= 11 is 0. The summed E-state index contributed by atoms with van der Waals surface area (Å²) in [6.07, 6.45) is 9.46. The maximum Gasteiger partial charge on any atom is 0.155 e. The molecule has 0 bridgehead atoms. The molecule has 0 aliphatic rings. The number of rotatable bonds is 4. The monoisotopic (exact) mass is 669 g/mol. The van der Waals surface area contributed by atoms with Crippen molar-refractivity contribution in [1.82, 2.24) is 14.1 Å². The molecular formula is C31H30IrN3O2-. The van der Waals surface area contributed by atoms with Gasteiger partial charge < -0.3 is 14.2 Å². The van der Waals surface area contributed by atoms with E-state index in [-0.39, 0.29) is 31.6 Å². The number of benzene rings is 2. The molecule has 0 aliphatic carbocycles. The van der Waals surface area contributed by atoms with Gasteiger partial charge in [0.15, 0.2) is 5.78 Å². The van der Waals surface area contributed by atoms with E-state index in [4.69, 9.17) is 10.1 Å². The molecule has 191 valence electrons. The zero-order chi connectivity index (χ0) is 25.8. The molecule has 0 fully saturated rings. The third-order valence-electron chi connectivity index (χ3n) is 5.68. The van der Waals surface area contributed by atoms with Crippen molar-refractivity contribution < 1.29 is 30.0 Å². The molecule has 0 saturated carbocycles. The summed E-state index contributed by atoms with van der Waals surface area (Å²) in [5.74, 6) is -0.0625. The first-order chi connectivity index (χ1) is 17.2. The fourth-order valence-corrected chi connectivity index (χ4v) is 4.30. The number of aliphatic hydroxyl groups excluding tert-OH is 1. The molecule has 0 amide bonds. The molecule has 1 radical (unpaired) electrons. The summed E-state index contributed by atoms with van der Waals surface area (Å²) in [6, 6.07) is 22.6. The zero-order valence-corrected chi connectivity index (χ0v) is 24.0. The molecule has 0 spiro atoms. The molecule has 0 atom stereocenters. The SMILES string of the molecule is CC(=O)/C=C(/C)O.Cc1[c-]c(-c2nc3cc(-n4cccc4)c(-n4cccc4)cc3cc2C)cc(C)c1.[Ir]. The molecule has 0 saturated heterocycles. The normalized spacial score (nSPS) is 11.0. The maximum absolute atomic E-state index is 10.0. The molecule has 5 nitrogen and oxygen atoms in total. The maximum atomic E-state index is 10.0. The van der Waals surface area contributed by atoms with Gasteiger partial charge in [0, 0.05) is 56.4 Å². The van der Waals surface area contributed by atoms with E-state index in [1.165, 1.54) is 25.5 Å². The summed E-state index contributed by atoms with van der Waals surface area (Å²) in [6.45, 7) is 9.18. The quantitative estimate of drug-likeness (QED) is 0.125. The number of carbonyl (C=O) groups excluding carboxylic acids is 1. The van der Waals surface area contributed by atoms with E-state index in [0.717, 1.165) is 44.7 Å². The van der Waals surface area contributed by atoms with Gasteiger partial charge >= 0.3 is 0 Å². The number of ketones is 1. The van der Waals surface area contributed by atoms with Gasteiger partial charge in [-0.15, -0.1) is 34.9 Å². The second-order valence-corrected chi connectivity index (χ2v) is 9.02. The first-order valence-electron chi connectivity index (χ1n) is 11.8. The van der Waals surface area contributed by atoms with Crippen LogP contribution in [0.25, 0.3) is 33.5 Å². The third kappa shape index (κ3) is 6.73. The number of hydrogen-bond donors (Lipinski definition) is 1. The first kappa shape index (κ1) is 27.9. The van der Waals surface area contributed by atoms with Crippen LogP contribution in [0.4, 0.5) is 0 Å². The molecule has 2 aromatic carbocycles. The van der Waals surface area contributed by atoms with Gasteiger partial charge in [-0.1, -0.05) is 25.5 Å². The minimum absolute atomic E-state index is 0. The average molecular weight is 669 g/mol. The fourth-order valence-electron chi connectivity index (χ4n) is 4.30. The molecule has 37 heavy (non-hydrogen) atoms. The molecule has 5 rings (SSSR count). The molecule has 5 aromatic rings. The van der Waals surface area contributed by atoms with Crippen LogP contribution in [-0.2, 0) is 24.9 Å². The number of carbonyl (C=O) groups is 1. The van der Waals surface area contributed by atoms with Crippen LogP contribution in [0.15, 0.2) is 91.2 Å². The topological polar surface area (TPSA) is 60.0 Å². The van der Waals surface area contributed by atoms with E-state index in [1.807, 2.05) is 24.3 Å². The fraction of sp³-hybridized carbons (Fsp3) is 0.161. The Kier molecular flexibility index (Phi) is 9.04. The predicted octanol–water partition coefficient (Wildman–Crippen LogP) is 7.24. The van der Waals surface area contributed by atoms with E-state index in [9.17, 15) is 4.79 Å². The van der Waals surface area contributed by atoms with Crippen LogP contribution in [-0.4, -0.2) is 25.0 Å². The Bertz CT molecular complexity index is 1530. The van der Waals surface area contributed by atoms with Crippen molar-refractivity contribution in [3.8, 4) is 22.6 Å². The predicted molar refractivity (Wildman–Crippen MR) is 146 cm³/mol. The van der Waals surface area contributed by atoms with Gasteiger partial charge in [0.25, 0.3) is 0 Å². The van der Waals surface area contributed by atoms with Crippen LogP contribution in [0.5, 0.6) is 0 Å². The van der Waals surface area contributed by atoms with Crippen LogP contribution in [0.3, 0.4) is 0 Å². The van der Waals surface area contributed by atoms with Crippen molar-refractivity contribution in [3.63, 3.8) is 0 Å². The van der Waals surface area contributed by atoms with Crippen molar-refractivity contribution in [2.45, 2.75) is 34.6 Å². The number of fused-ring (bicyclic) bond motifs is 1. The molecule has 1 N–H and O–H groups in total. The van der Waals surface area contributed by atoms with Crippen LogP contribution in [0.2, 0.25) is 0 Å². The van der Waals surface area contributed by atoms with Gasteiger partial charge in [0.05, 0.1) is 22.7 Å². The van der Waals surface area contributed by atoms with Gasteiger partial charge in [-0.05, 0) is 62.9 Å². The van der Waals surface area contributed by atoms with Crippen molar-refractivity contribution in [3.05, 3.63) is 114 Å². The summed E-state index contributed by atoms with van der Waals surface area (Å²) in [5, 5.41) is 9.50. The Labute approximate surface area is 231 Å². The summed E-state index contributed by atoms with van der Waals surface area (Å²) in [5.41, 5.74) is 8.79. The van der Waals surface area contributed by atoms with E-state index >= 15 is 0 Å². The minimum atomic E-state index is -0.125. The van der Waals surface area contributed by atoms with Crippen LogP contribution in [0.1, 0.15) is 30.5 Å².